The quantitative estimate of drug-likeness (QED) is 0.772. The van der Waals surface area contributed by atoms with Crippen molar-refractivity contribution in [3.8, 4) is 0 Å². The summed E-state index contributed by atoms with van der Waals surface area (Å²) in [4.78, 5) is 6.75. The SMILES string of the molecule is CC1CC(C)N1Cc1cccc(N)n1. The Morgan fingerprint density at radius 1 is 1.43 bits per heavy atom. The molecule has 1 aliphatic heterocycles. The van der Waals surface area contributed by atoms with Gasteiger partial charge in [-0.25, -0.2) is 4.98 Å². The maximum atomic E-state index is 5.63. The minimum absolute atomic E-state index is 0.614. The molecular formula is C11H17N3. The largest absolute Gasteiger partial charge is 0.384 e. The van der Waals surface area contributed by atoms with Crippen molar-refractivity contribution in [1.29, 1.82) is 0 Å². The number of pyridine rings is 1. The predicted molar refractivity (Wildman–Crippen MR) is 57.7 cm³/mol. The number of anilines is 1. The van der Waals surface area contributed by atoms with Crippen molar-refractivity contribution >= 4 is 5.82 Å². The van der Waals surface area contributed by atoms with E-state index in [0.29, 0.717) is 17.9 Å². The fourth-order valence-electron chi connectivity index (χ4n) is 2.15. The first-order valence-electron chi connectivity index (χ1n) is 5.14. The topological polar surface area (TPSA) is 42.1 Å². The Morgan fingerprint density at radius 2 is 2.14 bits per heavy atom. The van der Waals surface area contributed by atoms with Crippen LogP contribution in [0.4, 0.5) is 5.82 Å². The number of rotatable bonds is 2. The van der Waals surface area contributed by atoms with E-state index in [1.807, 2.05) is 18.2 Å². The molecule has 0 radical (unpaired) electrons. The van der Waals surface area contributed by atoms with Crippen LogP contribution in [0.2, 0.25) is 0 Å². The van der Waals surface area contributed by atoms with Gasteiger partial charge < -0.3 is 5.73 Å². The zero-order valence-corrected chi connectivity index (χ0v) is 8.77. The van der Waals surface area contributed by atoms with Crippen molar-refractivity contribution in [2.45, 2.75) is 38.9 Å². The van der Waals surface area contributed by atoms with Crippen LogP contribution in [0.5, 0.6) is 0 Å². The van der Waals surface area contributed by atoms with Crippen LogP contribution in [0.25, 0.3) is 0 Å². The van der Waals surface area contributed by atoms with E-state index in [0.717, 1.165) is 12.2 Å². The maximum Gasteiger partial charge on any atom is 0.123 e. The fourth-order valence-corrected chi connectivity index (χ4v) is 2.15. The Kier molecular flexibility index (Phi) is 2.42. The second-order valence-electron chi connectivity index (χ2n) is 4.16. The maximum absolute atomic E-state index is 5.63. The third-order valence-electron chi connectivity index (χ3n) is 2.99. The number of hydrogen-bond acceptors (Lipinski definition) is 3. The number of nitrogen functional groups attached to an aromatic ring is 1. The molecule has 2 unspecified atom stereocenters. The van der Waals surface area contributed by atoms with Crippen molar-refractivity contribution in [1.82, 2.24) is 9.88 Å². The van der Waals surface area contributed by atoms with E-state index in [9.17, 15) is 0 Å². The molecule has 0 aromatic carbocycles. The molecule has 0 bridgehead atoms. The minimum atomic E-state index is 0.614. The molecule has 0 amide bonds. The highest BCUT2D eigenvalue weighted by atomic mass is 15.2. The lowest BCUT2D eigenvalue weighted by molar-refractivity contribution is 0.0284. The van der Waals surface area contributed by atoms with Gasteiger partial charge in [0.2, 0.25) is 0 Å². The van der Waals surface area contributed by atoms with Gasteiger partial charge in [-0.1, -0.05) is 6.07 Å². The molecule has 2 N–H and O–H groups in total. The van der Waals surface area contributed by atoms with Gasteiger partial charge in [0.1, 0.15) is 5.82 Å². The average Bonchev–Trinajstić information content (AvgIpc) is 2.15. The minimum Gasteiger partial charge on any atom is -0.384 e. The van der Waals surface area contributed by atoms with Gasteiger partial charge in [0.05, 0.1) is 5.69 Å². The molecule has 1 saturated heterocycles. The Bertz CT molecular complexity index is 316. The van der Waals surface area contributed by atoms with E-state index in [4.69, 9.17) is 5.73 Å². The zero-order valence-electron chi connectivity index (χ0n) is 8.77. The monoisotopic (exact) mass is 191 g/mol. The molecule has 1 fully saturated rings. The zero-order chi connectivity index (χ0) is 10.1. The molecule has 2 rings (SSSR count). The summed E-state index contributed by atoms with van der Waals surface area (Å²) in [5.41, 5.74) is 6.71. The van der Waals surface area contributed by atoms with Gasteiger partial charge in [-0.3, -0.25) is 4.90 Å². The molecule has 3 nitrogen and oxygen atoms in total. The van der Waals surface area contributed by atoms with Crippen LogP contribution in [-0.4, -0.2) is 22.0 Å². The van der Waals surface area contributed by atoms with Crippen molar-refractivity contribution in [3.05, 3.63) is 23.9 Å². The lowest BCUT2D eigenvalue weighted by Crippen LogP contribution is -2.52. The summed E-state index contributed by atoms with van der Waals surface area (Å²) in [7, 11) is 0. The van der Waals surface area contributed by atoms with Gasteiger partial charge in [0.25, 0.3) is 0 Å². The standard InChI is InChI=1S/C11H17N3/c1-8-6-9(2)14(8)7-10-4-3-5-11(12)13-10/h3-5,8-9H,6-7H2,1-2H3,(H2,12,13). The predicted octanol–water partition coefficient (Wildman–Crippen LogP) is 1.65. The van der Waals surface area contributed by atoms with Crippen LogP contribution in [0, 0.1) is 0 Å². The highest BCUT2D eigenvalue weighted by Crippen LogP contribution is 2.26. The van der Waals surface area contributed by atoms with Crippen LogP contribution < -0.4 is 5.73 Å². The summed E-state index contributed by atoms with van der Waals surface area (Å²) < 4.78 is 0. The first kappa shape index (κ1) is 9.46. The van der Waals surface area contributed by atoms with E-state index in [2.05, 4.69) is 23.7 Å². The van der Waals surface area contributed by atoms with Crippen LogP contribution in [0.3, 0.4) is 0 Å². The van der Waals surface area contributed by atoms with Crippen LogP contribution in [-0.2, 0) is 6.54 Å². The van der Waals surface area contributed by atoms with Gasteiger partial charge in [-0.05, 0) is 32.4 Å². The molecule has 76 valence electrons. The molecule has 14 heavy (non-hydrogen) atoms. The molecule has 2 atom stereocenters. The molecule has 1 aliphatic rings. The summed E-state index contributed by atoms with van der Waals surface area (Å²) >= 11 is 0. The van der Waals surface area contributed by atoms with Crippen molar-refractivity contribution < 1.29 is 0 Å². The molecule has 0 saturated carbocycles. The fraction of sp³-hybridized carbons (Fsp3) is 0.545. The normalized spacial score (nSPS) is 27.3. The first-order valence-corrected chi connectivity index (χ1v) is 5.14. The summed E-state index contributed by atoms with van der Waals surface area (Å²) in [5.74, 6) is 0.614. The van der Waals surface area contributed by atoms with Crippen LogP contribution in [0.1, 0.15) is 26.0 Å². The Balaban J connectivity index is 2.03. The summed E-state index contributed by atoms with van der Waals surface area (Å²) in [6.07, 6.45) is 1.29. The van der Waals surface area contributed by atoms with Crippen molar-refractivity contribution in [2.24, 2.45) is 0 Å². The van der Waals surface area contributed by atoms with Crippen molar-refractivity contribution in [3.63, 3.8) is 0 Å². The summed E-state index contributed by atoms with van der Waals surface area (Å²) in [6, 6.07) is 7.20. The smallest absolute Gasteiger partial charge is 0.123 e. The average molecular weight is 191 g/mol. The lowest BCUT2D eigenvalue weighted by atomic mass is 9.95. The van der Waals surface area contributed by atoms with Crippen LogP contribution >= 0.6 is 0 Å². The molecular weight excluding hydrogens is 174 g/mol. The van der Waals surface area contributed by atoms with Gasteiger partial charge >= 0.3 is 0 Å². The highest BCUT2D eigenvalue weighted by molar-refractivity contribution is 5.28. The number of nitrogens with two attached hydrogens (primary N) is 1. The molecule has 2 heterocycles. The number of aromatic nitrogens is 1. The number of hydrogen-bond donors (Lipinski definition) is 1. The molecule has 3 heteroatoms. The van der Waals surface area contributed by atoms with E-state index in [-0.39, 0.29) is 0 Å². The summed E-state index contributed by atoms with van der Waals surface area (Å²) in [6.45, 7) is 5.44. The second-order valence-corrected chi connectivity index (χ2v) is 4.16. The molecule has 0 spiro atoms. The summed E-state index contributed by atoms with van der Waals surface area (Å²) in [5, 5.41) is 0. The van der Waals surface area contributed by atoms with Gasteiger partial charge in [-0.2, -0.15) is 0 Å². The first-order chi connectivity index (χ1) is 6.66. The van der Waals surface area contributed by atoms with E-state index in [1.165, 1.54) is 6.42 Å². The van der Waals surface area contributed by atoms with E-state index in [1.54, 1.807) is 0 Å². The number of likely N-dealkylation sites (tertiary alicyclic amines) is 1. The second kappa shape index (κ2) is 3.58. The highest BCUT2D eigenvalue weighted by Gasteiger charge is 2.31. The third kappa shape index (κ3) is 1.73. The van der Waals surface area contributed by atoms with E-state index >= 15 is 0 Å². The van der Waals surface area contributed by atoms with Gasteiger partial charge in [0.15, 0.2) is 0 Å². The van der Waals surface area contributed by atoms with Gasteiger partial charge in [-0.15, -0.1) is 0 Å². The molecule has 0 aliphatic carbocycles. The Hall–Kier alpha value is -1.09. The van der Waals surface area contributed by atoms with Crippen LogP contribution in [0.15, 0.2) is 18.2 Å². The molecule has 1 aromatic rings. The third-order valence-corrected chi connectivity index (χ3v) is 2.99. The Labute approximate surface area is 84.9 Å². The van der Waals surface area contributed by atoms with Gasteiger partial charge in [0, 0.05) is 18.6 Å². The van der Waals surface area contributed by atoms with Crippen molar-refractivity contribution in [2.75, 3.05) is 5.73 Å². The Morgan fingerprint density at radius 3 is 2.71 bits per heavy atom. The molecule has 1 aromatic heterocycles. The number of nitrogens with zero attached hydrogens (tertiary/aromatic N) is 2. The van der Waals surface area contributed by atoms with E-state index < -0.39 is 0 Å². The lowest BCUT2D eigenvalue weighted by Gasteiger charge is -2.45.